The molecular formula is C22H29NO3. The van der Waals surface area contributed by atoms with Crippen LogP contribution < -0.4 is 0 Å². The zero-order chi connectivity index (χ0) is 18.8. The van der Waals surface area contributed by atoms with Gasteiger partial charge in [0, 0.05) is 0 Å². The third-order valence-electron chi connectivity index (χ3n) is 4.57. The van der Waals surface area contributed by atoms with E-state index >= 15 is 0 Å². The number of nitrogens with zero attached hydrogens (tertiary/aromatic N) is 1. The summed E-state index contributed by atoms with van der Waals surface area (Å²) < 4.78 is 5.10. The van der Waals surface area contributed by atoms with Gasteiger partial charge in [0.15, 0.2) is 0 Å². The molecule has 0 saturated carbocycles. The van der Waals surface area contributed by atoms with E-state index in [2.05, 4.69) is 12.7 Å². The molecule has 1 aromatic rings. The van der Waals surface area contributed by atoms with Crippen LogP contribution in [0.25, 0.3) is 0 Å². The van der Waals surface area contributed by atoms with E-state index < -0.39 is 6.09 Å². The van der Waals surface area contributed by atoms with Crippen LogP contribution in [0.1, 0.15) is 57.9 Å². The second-order valence-corrected chi connectivity index (χ2v) is 6.83. The van der Waals surface area contributed by atoms with E-state index in [0.717, 1.165) is 24.0 Å². The van der Waals surface area contributed by atoms with Crippen molar-refractivity contribution < 1.29 is 14.3 Å². The molecule has 0 radical (unpaired) electrons. The first-order valence-electron chi connectivity index (χ1n) is 9.55. The molecule has 0 N–H and O–H groups in total. The fourth-order valence-electron chi connectivity index (χ4n) is 3.10. The molecule has 140 valence electrons. The van der Waals surface area contributed by atoms with E-state index in [-0.39, 0.29) is 25.0 Å². The fourth-order valence-corrected chi connectivity index (χ4v) is 3.10. The predicted octanol–water partition coefficient (Wildman–Crippen LogP) is 5.04. The van der Waals surface area contributed by atoms with Gasteiger partial charge in [0.25, 0.3) is 0 Å². The first kappa shape index (κ1) is 20.0. The molecule has 2 rings (SSSR count). The third kappa shape index (κ3) is 6.20. The third-order valence-corrected chi connectivity index (χ3v) is 4.57. The van der Waals surface area contributed by atoms with Crippen molar-refractivity contribution in [3.63, 3.8) is 0 Å². The van der Waals surface area contributed by atoms with Crippen LogP contribution in [0.5, 0.6) is 0 Å². The second kappa shape index (κ2) is 10.6. The van der Waals surface area contributed by atoms with Gasteiger partial charge in [-0.25, -0.2) is 9.69 Å². The van der Waals surface area contributed by atoms with E-state index in [9.17, 15) is 9.59 Å². The zero-order valence-electron chi connectivity index (χ0n) is 15.9. The van der Waals surface area contributed by atoms with Crippen molar-refractivity contribution in [2.24, 2.45) is 0 Å². The first-order valence-corrected chi connectivity index (χ1v) is 9.55. The molecule has 0 aliphatic carbocycles. The Morgan fingerprint density at radius 3 is 2.77 bits per heavy atom. The molecule has 1 aliphatic rings. The van der Waals surface area contributed by atoms with Crippen molar-refractivity contribution in [2.75, 3.05) is 6.61 Å². The number of carbonyl (C=O) groups excluding carboxylic acids is 2. The Labute approximate surface area is 156 Å². The highest BCUT2D eigenvalue weighted by Crippen LogP contribution is 2.18. The predicted molar refractivity (Wildman–Crippen MR) is 103 cm³/mol. The number of carbonyl (C=O) groups is 2. The summed E-state index contributed by atoms with van der Waals surface area (Å²) in [5.41, 5.74) is 5.43. The molecule has 26 heavy (non-hydrogen) atoms. The van der Waals surface area contributed by atoms with Crippen LogP contribution in [-0.2, 0) is 16.0 Å². The molecule has 4 heteroatoms. The highest BCUT2D eigenvalue weighted by atomic mass is 16.6. The number of hydrogen-bond donors (Lipinski definition) is 0. The summed E-state index contributed by atoms with van der Waals surface area (Å²) in [6, 6.07) is 9.62. The lowest BCUT2D eigenvalue weighted by Gasteiger charge is -2.18. The summed E-state index contributed by atoms with van der Waals surface area (Å²) >= 11 is 0. The molecule has 0 spiro atoms. The summed E-state index contributed by atoms with van der Waals surface area (Å²) in [5, 5.41) is 0. The van der Waals surface area contributed by atoms with Gasteiger partial charge in [-0.05, 0) is 43.4 Å². The Hall–Kier alpha value is -2.32. The maximum absolute atomic E-state index is 12.5. The molecular weight excluding hydrogens is 326 g/mol. The van der Waals surface area contributed by atoms with Gasteiger partial charge in [0.1, 0.15) is 6.61 Å². The average Bonchev–Trinajstić information content (AvgIpc) is 3.00. The molecule has 0 bridgehead atoms. The summed E-state index contributed by atoms with van der Waals surface area (Å²) in [7, 11) is 0. The van der Waals surface area contributed by atoms with Gasteiger partial charge >= 0.3 is 6.09 Å². The fraction of sp³-hybridized carbons (Fsp3) is 0.500. The number of cyclic esters (lactones) is 1. The molecule has 2 amide bonds. The minimum Gasteiger partial charge on any atom is -0.447 e. The van der Waals surface area contributed by atoms with E-state index in [0.29, 0.717) is 6.42 Å². The van der Waals surface area contributed by atoms with Gasteiger partial charge in [0.05, 0.1) is 12.5 Å². The van der Waals surface area contributed by atoms with Crippen LogP contribution >= 0.6 is 0 Å². The minimum absolute atomic E-state index is 0.173. The van der Waals surface area contributed by atoms with Crippen molar-refractivity contribution >= 4 is 12.0 Å². The quantitative estimate of drug-likeness (QED) is 0.460. The Bertz CT molecular complexity index is 659. The topological polar surface area (TPSA) is 46.6 Å². The molecule has 1 saturated heterocycles. The highest BCUT2D eigenvalue weighted by Gasteiger charge is 2.37. The number of hydrogen-bond acceptors (Lipinski definition) is 3. The molecule has 0 unspecified atom stereocenters. The minimum atomic E-state index is -0.537. The summed E-state index contributed by atoms with van der Waals surface area (Å²) in [4.78, 5) is 25.7. The average molecular weight is 355 g/mol. The summed E-state index contributed by atoms with van der Waals surface area (Å²) in [5.74, 6) is -0.222. The molecule has 0 aromatic heterocycles. The van der Waals surface area contributed by atoms with Crippen LogP contribution in [0.3, 0.4) is 0 Å². The zero-order valence-corrected chi connectivity index (χ0v) is 15.9. The van der Waals surface area contributed by atoms with Gasteiger partial charge in [-0.1, -0.05) is 56.5 Å². The lowest BCUT2D eigenvalue weighted by Crippen LogP contribution is -2.39. The summed E-state index contributed by atoms with van der Waals surface area (Å²) in [6.45, 7) is 4.49. The van der Waals surface area contributed by atoms with Crippen LogP contribution in [0.4, 0.5) is 4.79 Å². The van der Waals surface area contributed by atoms with Gasteiger partial charge in [-0.15, -0.1) is 5.73 Å². The number of amides is 2. The molecule has 1 aliphatic heterocycles. The molecule has 1 heterocycles. The molecule has 1 aromatic carbocycles. The van der Waals surface area contributed by atoms with Crippen molar-refractivity contribution in [3.8, 4) is 0 Å². The standard InChI is InChI=1S/C22H29NO3/c1-3-4-5-7-11-18(2)12-10-15-21(24)23-20(17-26-22(23)25)16-19-13-8-6-9-14-19/h6,8-10,13-14,20H,3-5,7,11,15-17H2,1-2H3/t12?,20-/m1/s1. The lowest BCUT2D eigenvalue weighted by molar-refractivity contribution is -0.128. The first-order chi connectivity index (χ1) is 12.6. The van der Waals surface area contributed by atoms with Gasteiger partial charge in [0.2, 0.25) is 5.91 Å². The van der Waals surface area contributed by atoms with Gasteiger partial charge < -0.3 is 4.74 Å². The maximum Gasteiger partial charge on any atom is 0.416 e. The van der Waals surface area contributed by atoms with E-state index in [1.807, 2.05) is 37.3 Å². The Morgan fingerprint density at radius 1 is 1.27 bits per heavy atom. The van der Waals surface area contributed by atoms with Crippen molar-refractivity contribution in [3.05, 3.63) is 53.3 Å². The number of unbranched alkanes of at least 4 members (excludes halogenated alkanes) is 3. The number of rotatable bonds is 9. The molecule has 1 atom stereocenters. The smallest absolute Gasteiger partial charge is 0.416 e. The number of ether oxygens (including phenoxy) is 1. The summed E-state index contributed by atoms with van der Waals surface area (Å²) in [6.07, 6.45) is 7.88. The largest absolute Gasteiger partial charge is 0.447 e. The Morgan fingerprint density at radius 2 is 2.04 bits per heavy atom. The van der Waals surface area contributed by atoms with Crippen molar-refractivity contribution in [1.82, 2.24) is 4.90 Å². The van der Waals surface area contributed by atoms with E-state index in [1.165, 1.54) is 24.2 Å². The van der Waals surface area contributed by atoms with Crippen LogP contribution in [0, 0.1) is 0 Å². The normalized spacial score (nSPS) is 16.2. The highest BCUT2D eigenvalue weighted by molar-refractivity contribution is 5.94. The monoisotopic (exact) mass is 355 g/mol. The maximum atomic E-state index is 12.5. The van der Waals surface area contributed by atoms with Crippen molar-refractivity contribution in [2.45, 2.75) is 64.8 Å². The Balaban J connectivity index is 1.89. The van der Waals surface area contributed by atoms with Gasteiger partial charge in [-0.3, -0.25) is 4.79 Å². The number of imide groups is 1. The second-order valence-electron chi connectivity index (χ2n) is 6.83. The van der Waals surface area contributed by atoms with Crippen LogP contribution in [0.15, 0.2) is 47.7 Å². The lowest BCUT2D eigenvalue weighted by atomic mass is 10.1. The van der Waals surface area contributed by atoms with E-state index in [4.69, 9.17) is 4.74 Å². The van der Waals surface area contributed by atoms with Crippen molar-refractivity contribution in [1.29, 1.82) is 0 Å². The van der Waals surface area contributed by atoms with Gasteiger partial charge in [-0.2, -0.15) is 0 Å². The SMILES string of the molecule is CCCCCCC(C)=C=CCC(=O)N1C(=O)OC[C@H]1Cc1ccccc1. The Kier molecular flexibility index (Phi) is 8.17. The van der Waals surface area contributed by atoms with Crippen LogP contribution in [0.2, 0.25) is 0 Å². The van der Waals surface area contributed by atoms with E-state index in [1.54, 1.807) is 6.08 Å². The molecule has 4 nitrogen and oxygen atoms in total. The number of benzene rings is 1. The van der Waals surface area contributed by atoms with Crippen LogP contribution in [-0.4, -0.2) is 29.5 Å². The molecule has 1 fully saturated rings.